The van der Waals surface area contributed by atoms with Crippen LogP contribution in [0.1, 0.15) is 11.1 Å². The highest BCUT2D eigenvalue weighted by Crippen LogP contribution is 2.42. The van der Waals surface area contributed by atoms with E-state index in [-0.39, 0.29) is 5.82 Å². The first kappa shape index (κ1) is 11.5. The fourth-order valence-corrected chi connectivity index (χ4v) is 3.66. The average Bonchev–Trinajstić information content (AvgIpc) is 2.73. The van der Waals surface area contributed by atoms with E-state index in [1.807, 2.05) is 31.2 Å². The Morgan fingerprint density at radius 1 is 0.944 bits per heavy atom. The molecule has 0 bridgehead atoms. The van der Waals surface area contributed by atoms with E-state index in [0.29, 0.717) is 10.3 Å². The van der Waals surface area contributed by atoms with E-state index in [2.05, 4.69) is 0 Å². The Labute approximate surface area is 109 Å². The van der Waals surface area contributed by atoms with Gasteiger partial charge in [0.15, 0.2) is 0 Å². The van der Waals surface area contributed by atoms with Gasteiger partial charge in [-0.05, 0) is 25.0 Å². The molecule has 0 atom stereocenters. The van der Waals surface area contributed by atoms with Crippen molar-refractivity contribution in [2.45, 2.75) is 13.8 Å². The van der Waals surface area contributed by atoms with Gasteiger partial charge in [-0.15, -0.1) is 11.3 Å². The van der Waals surface area contributed by atoms with Crippen molar-refractivity contribution in [3.05, 3.63) is 41.2 Å². The van der Waals surface area contributed by atoms with E-state index in [9.17, 15) is 4.39 Å². The van der Waals surface area contributed by atoms with Gasteiger partial charge in [0.2, 0.25) is 0 Å². The Bertz CT molecular complexity index is 758. The number of ether oxygens (including phenoxy) is 1. The van der Waals surface area contributed by atoms with Crippen molar-refractivity contribution in [2.24, 2.45) is 0 Å². The number of hydrogen-bond donors (Lipinski definition) is 0. The van der Waals surface area contributed by atoms with Gasteiger partial charge >= 0.3 is 0 Å². The topological polar surface area (TPSA) is 9.23 Å². The maximum Gasteiger partial charge on any atom is 0.143 e. The minimum Gasteiger partial charge on any atom is -0.495 e. The number of thiophene rings is 1. The van der Waals surface area contributed by atoms with Crippen LogP contribution in [0.3, 0.4) is 0 Å². The van der Waals surface area contributed by atoms with E-state index in [1.165, 1.54) is 11.3 Å². The first-order chi connectivity index (χ1) is 8.63. The second-order valence-electron chi connectivity index (χ2n) is 4.47. The minimum atomic E-state index is -0.117. The van der Waals surface area contributed by atoms with Gasteiger partial charge in [0.1, 0.15) is 11.6 Å². The van der Waals surface area contributed by atoms with Crippen LogP contribution in [0.5, 0.6) is 5.75 Å². The third-order valence-electron chi connectivity index (χ3n) is 3.30. The van der Waals surface area contributed by atoms with Crippen LogP contribution >= 0.6 is 11.3 Å². The number of fused-ring (bicyclic) bond motifs is 3. The Morgan fingerprint density at radius 2 is 1.56 bits per heavy atom. The summed E-state index contributed by atoms with van der Waals surface area (Å²) in [6.07, 6.45) is 0. The molecule has 1 nitrogen and oxygen atoms in total. The third-order valence-corrected chi connectivity index (χ3v) is 4.51. The first-order valence-corrected chi connectivity index (χ1v) is 6.60. The Kier molecular flexibility index (Phi) is 2.52. The summed E-state index contributed by atoms with van der Waals surface area (Å²) in [5.74, 6) is 0.735. The fourth-order valence-electron chi connectivity index (χ4n) is 2.30. The zero-order valence-electron chi connectivity index (χ0n) is 10.5. The number of halogens is 1. The van der Waals surface area contributed by atoms with Crippen LogP contribution < -0.4 is 4.74 Å². The number of rotatable bonds is 1. The van der Waals surface area contributed by atoms with Gasteiger partial charge < -0.3 is 4.74 Å². The Balaban J connectivity index is 2.54. The molecule has 18 heavy (non-hydrogen) atoms. The lowest BCUT2D eigenvalue weighted by atomic mass is 10.1. The normalized spacial score (nSPS) is 11.3. The predicted octanol–water partition coefficient (Wildman–Crippen LogP) is 4.82. The molecular formula is C15H13FOS. The highest BCUT2D eigenvalue weighted by molar-refractivity contribution is 7.26. The third kappa shape index (κ3) is 1.44. The van der Waals surface area contributed by atoms with E-state index < -0.39 is 0 Å². The summed E-state index contributed by atoms with van der Waals surface area (Å²) in [6, 6.07) is 7.88. The molecule has 3 aromatic rings. The van der Waals surface area contributed by atoms with E-state index in [1.54, 1.807) is 14.0 Å². The van der Waals surface area contributed by atoms with Crippen LogP contribution in [0.2, 0.25) is 0 Å². The first-order valence-electron chi connectivity index (χ1n) is 5.78. The quantitative estimate of drug-likeness (QED) is 0.609. The summed E-state index contributed by atoms with van der Waals surface area (Å²) in [7, 11) is 1.66. The van der Waals surface area contributed by atoms with Crippen molar-refractivity contribution >= 4 is 31.5 Å². The van der Waals surface area contributed by atoms with Crippen LogP contribution in [0.15, 0.2) is 24.3 Å². The van der Waals surface area contributed by atoms with E-state index in [0.717, 1.165) is 26.8 Å². The second kappa shape index (κ2) is 3.95. The molecule has 3 heteroatoms. The minimum absolute atomic E-state index is 0.117. The zero-order chi connectivity index (χ0) is 12.9. The van der Waals surface area contributed by atoms with Crippen molar-refractivity contribution in [2.75, 3.05) is 7.11 Å². The van der Waals surface area contributed by atoms with Gasteiger partial charge in [-0.25, -0.2) is 4.39 Å². The second-order valence-corrected chi connectivity index (χ2v) is 5.49. The molecule has 3 rings (SSSR count). The van der Waals surface area contributed by atoms with Crippen LogP contribution in [0.4, 0.5) is 4.39 Å². The van der Waals surface area contributed by atoms with Crippen LogP contribution in [0, 0.1) is 19.7 Å². The molecular weight excluding hydrogens is 247 g/mol. The number of aryl methyl sites for hydroxylation is 2. The monoisotopic (exact) mass is 260 g/mol. The molecule has 0 amide bonds. The summed E-state index contributed by atoms with van der Waals surface area (Å²) in [5.41, 5.74) is 1.76. The summed E-state index contributed by atoms with van der Waals surface area (Å²) in [5, 5.41) is 2.03. The zero-order valence-corrected chi connectivity index (χ0v) is 11.3. The Hall–Kier alpha value is -1.61. The molecule has 0 radical (unpaired) electrons. The maximum atomic E-state index is 14.1. The van der Waals surface area contributed by atoms with Crippen LogP contribution in [-0.2, 0) is 0 Å². The molecule has 0 aliphatic heterocycles. The molecule has 0 fully saturated rings. The number of hydrogen-bond acceptors (Lipinski definition) is 2. The van der Waals surface area contributed by atoms with E-state index >= 15 is 0 Å². The summed E-state index contributed by atoms with van der Waals surface area (Å²) < 4.78 is 21.3. The van der Waals surface area contributed by atoms with Crippen LogP contribution in [-0.4, -0.2) is 7.11 Å². The lowest BCUT2D eigenvalue weighted by Gasteiger charge is -2.04. The van der Waals surface area contributed by atoms with Gasteiger partial charge in [0, 0.05) is 10.8 Å². The molecule has 0 saturated carbocycles. The van der Waals surface area contributed by atoms with Gasteiger partial charge in [-0.2, -0.15) is 0 Å². The molecule has 0 aliphatic carbocycles. The maximum absolute atomic E-state index is 14.1. The standard InChI is InChI=1S/C15H13FOS/c1-8-4-6-10-11-7-5-9(2)13(17-3)15(11)18-14(10)12(8)16/h4-7H,1-3H3. The molecule has 2 aromatic carbocycles. The van der Waals surface area contributed by atoms with Crippen molar-refractivity contribution < 1.29 is 9.13 Å². The van der Waals surface area contributed by atoms with Crippen molar-refractivity contribution in [3.8, 4) is 5.75 Å². The smallest absolute Gasteiger partial charge is 0.143 e. The lowest BCUT2D eigenvalue weighted by molar-refractivity contribution is 0.417. The molecule has 1 heterocycles. The van der Waals surface area contributed by atoms with E-state index in [4.69, 9.17) is 4.74 Å². The highest BCUT2D eigenvalue weighted by Gasteiger charge is 2.14. The highest BCUT2D eigenvalue weighted by atomic mass is 32.1. The SMILES string of the molecule is COc1c(C)ccc2c1sc1c(F)c(C)ccc12. The fraction of sp³-hybridized carbons (Fsp3) is 0.200. The number of methoxy groups -OCH3 is 1. The predicted molar refractivity (Wildman–Crippen MR) is 75.3 cm³/mol. The molecule has 0 aliphatic rings. The van der Waals surface area contributed by atoms with Crippen LogP contribution in [0.25, 0.3) is 20.2 Å². The average molecular weight is 260 g/mol. The molecule has 0 N–H and O–H groups in total. The molecule has 1 aromatic heterocycles. The van der Waals surface area contributed by atoms with Crippen molar-refractivity contribution in [1.29, 1.82) is 0 Å². The molecule has 0 saturated heterocycles. The lowest BCUT2D eigenvalue weighted by Crippen LogP contribution is -1.86. The molecule has 0 spiro atoms. The molecule has 0 unspecified atom stereocenters. The van der Waals surface area contributed by atoms with Gasteiger partial charge in [0.05, 0.1) is 16.5 Å². The van der Waals surface area contributed by atoms with Gasteiger partial charge in [-0.3, -0.25) is 0 Å². The summed E-state index contributed by atoms with van der Waals surface area (Å²) in [6.45, 7) is 3.80. The molecule has 92 valence electrons. The Morgan fingerprint density at radius 3 is 2.22 bits per heavy atom. The van der Waals surface area contributed by atoms with Gasteiger partial charge in [-0.1, -0.05) is 24.3 Å². The summed E-state index contributed by atoms with van der Waals surface area (Å²) in [4.78, 5) is 0. The van der Waals surface area contributed by atoms with Gasteiger partial charge in [0.25, 0.3) is 0 Å². The largest absolute Gasteiger partial charge is 0.495 e. The summed E-state index contributed by atoms with van der Waals surface area (Å²) >= 11 is 1.47. The van der Waals surface area contributed by atoms with Crippen molar-refractivity contribution in [1.82, 2.24) is 0 Å². The number of benzene rings is 2. The van der Waals surface area contributed by atoms with Crippen molar-refractivity contribution in [3.63, 3.8) is 0 Å².